The molecule has 4 unspecified atom stereocenters. The molecule has 36 heavy (non-hydrogen) atoms. The molecule has 6 rings (SSSR count). The maximum absolute atomic E-state index is 12.7. The summed E-state index contributed by atoms with van der Waals surface area (Å²) in [6.45, 7) is 0. The summed E-state index contributed by atoms with van der Waals surface area (Å²) in [4.78, 5) is 56.3. The lowest BCUT2D eigenvalue weighted by Crippen LogP contribution is -2.45. The Morgan fingerprint density at radius 2 is 2.06 bits per heavy atom. The predicted octanol–water partition coefficient (Wildman–Crippen LogP) is -0.639. The molecule has 1 amide bonds. The Morgan fingerprint density at radius 1 is 1.28 bits per heavy atom. The van der Waals surface area contributed by atoms with E-state index in [1.807, 2.05) is 0 Å². The zero-order valence-corrected chi connectivity index (χ0v) is 18.6. The van der Waals surface area contributed by atoms with Gasteiger partial charge in [-0.05, 0) is 12.0 Å². The van der Waals surface area contributed by atoms with Crippen molar-refractivity contribution in [2.24, 2.45) is 0 Å². The van der Waals surface area contributed by atoms with E-state index in [-0.39, 0.29) is 53.0 Å². The van der Waals surface area contributed by atoms with E-state index in [1.54, 1.807) is 6.07 Å². The first-order valence-electron chi connectivity index (χ1n) is 10.9. The maximum Gasteiger partial charge on any atom is 0.347 e. The number of nitrogen functional groups attached to an aromatic ring is 2. The number of Topliss-reactive ketones (excluding diaryl/α,β-unsaturated/α-hetero) is 1. The fourth-order valence-corrected chi connectivity index (χ4v) is 5.28. The van der Waals surface area contributed by atoms with E-state index in [1.165, 1.54) is 7.11 Å². The minimum absolute atomic E-state index is 0.0185. The van der Waals surface area contributed by atoms with E-state index in [0.717, 1.165) is 4.90 Å². The van der Waals surface area contributed by atoms with Crippen LogP contribution in [0.5, 0.6) is 11.5 Å². The number of amides is 1. The zero-order valence-electron chi connectivity index (χ0n) is 18.6. The van der Waals surface area contributed by atoms with Crippen molar-refractivity contribution in [2.75, 3.05) is 23.5 Å². The van der Waals surface area contributed by atoms with Crippen LogP contribution < -0.4 is 37.0 Å². The highest BCUT2D eigenvalue weighted by molar-refractivity contribution is 6.06. The molecule has 4 atom stereocenters. The molecule has 3 aromatic rings. The number of ketones is 1. The molecule has 0 spiro atoms. The van der Waals surface area contributed by atoms with Gasteiger partial charge in [-0.25, -0.2) is 4.79 Å². The minimum atomic E-state index is -1.45. The second kappa shape index (κ2) is 7.53. The van der Waals surface area contributed by atoms with Crippen molar-refractivity contribution >= 4 is 40.6 Å². The number of benzene rings is 1. The standard InChI is InChI=1S/C22H19N5O9/c1-33-8-4-9-12(16-11(8)6-2-3-7(29)10(6)20(32)35-16)13-15(30)19(36-21(13)34-9)27(5-28)14-17(23)25-22(24)26-18(14)31/h4-5,13,15,19,21,30H,2-3H2,1H3,(H5,23,24,25,26,31). The van der Waals surface area contributed by atoms with E-state index in [0.29, 0.717) is 28.7 Å². The zero-order chi connectivity index (χ0) is 25.5. The highest BCUT2D eigenvalue weighted by atomic mass is 16.7. The predicted molar refractivity (Wildman–Crippen MR) is 122 cm³/mol. The molecule has 14 heteroatoms. The molecule has 186 valence electrons. The number of rotatable bonds is 4. The Hall–Kier alpha value is -4.43. The number of methoxy groups -OCH3 is 1. The molecular formula is C22H19N5O9. The number of carbonyl (C=O) groups excluding carboxylic acids is 2. The summed E-state index contributed by atoms with van der Waals surface area (Å²) >= 11 is 0. The van der Waals surface area contributed by atoms with E-state index in [2.05, 4.69) is 9.97 Å². The van der Waals surface area contributed by atoms with Crippen molar-refractivity contribution in [3.05, 3.63) is 43.5 Å². The Balaban J connectivity index is 1.50. The first kappa shape index (κ1) is 22.1. The first-order chi connectivity index (χ1) is 17.2. The number of H-pyrrole nitrogens is 1. The number of hydrogen-bond donors (Lipinski definition) is 4. The third kappa shape index (κ3) is 2.82. The van der Waals surface area contributed by atoms with Gasteiger partial charge in [0.1, 0.15) is 28.7 Å². The molecule has 3 aliphatic rings. The lowest BCUT2D eigenvalue weighted by atomic mass is 9.91. The number of aromatic amines is 1. The van der Waals surface area contributed by atoms with Crippen molar-refractivity contribution in [3.8, 4) is 11.5 Å². The quantitative estimate of drug-likeness (QED) is 0.262. The van der Waals surface area contributed by atoms with E-state index < -0.39 is 35.7 Å². The summed E-state index contributed by atoms with van der Waals surface area (Å²) in [5.74, 6) is -1.28. The second-order valence-corrected chi connectivity index (χ2v) is 8.59. The van der Waals surface area contributed by atoms with Crippen LogP contribution in [-0.4, -0.2) is 53.0 Å². The molecule has 2 aromatic heterocycles. The number of fused-ring (bicyclic) bond motifs is 7. The number of nitrogens with two attached hydrogens (primary N) is 2. The van der Waals surface area contributed by atoms with Crippen molar-refractivity contribution < 1.29 is 33.3 Å². The number of aliphatic hydroxyl groups is 1. The van der Waals surface area contributed by atoms with Crippen LogP contribution in [0, 0.1) is 0 Å². The number of hydrogen-bond acceptors (Lipinski definition) is 12. The van der Waals surface area contributed by atoms with Crippen LogP contribution >= 0.6 is 0 Å². The summed E-state index contributed by atoms with van der Waals surface area (Å²) in [6, 6.07) is 1.56. The molecule has 1 aliphatic carbocycles. The largest absolute Gasteiger partial charge is 0.496 e. The Morgan fingerprint density at radius 3 is 2.75 bits per heavy atom. The summed E-state index contributed by atoms with van der Waals surface area (Å²) in [5, 5.41) is 11.7. The molecule has 2 aliphatic heterocycles. The average molecular weight is 497 g/mol. The van der Waals surface area contributed by atoms with Gasteiger partial charge in [-0.1, -0.05) is 0 Å². The van der Waals surface area contributed by atoms with Crippen LogP contribution in [0.25, 0.3) is 11.0 Å². The molecule has 14 nitrogen and oxygen atoms in total. The molecule has 0 saturated carbocycles. The van der Waals surface area contributed by atoms with Gasteiger partial charge in [-0.3, -0.25) is 24.3 Å². The van der Waals surface area contributed by atoms with Crippen LogP contribution in [-0.2, 0) is 16.0 Å². The number of ether oxygens (including phenoxy) is 3. The van der Waals surface area contributed by atoms with Gasteiger partial charge in [0.05, 0.1) is 24.0 Å². The lowest BCUT2D eigenvalue weighted by molar-refractivity contribution is -0.114. The summed E-state index contributed by atoms with van der Waals surface area (Å²) in [6.07, 6.45) is -3.21. The molecule has 0 bridgehead atoms. The maximum atomic E-state index is 12.7. The van der Waals surface area contributed by atoms with Crippen LogP contribution in [0.15, 0.2) is 20.1 Å². The van der Waals surface area contributed by atoms with E-state index in [9.17, 15) is 24.3 Å². The third-order valence-corrected chi connectivity index (χ3v) is 6.74. The van der Waals surface area contributed by atoms with Crippen LogP contribution in [0.4, 0.5) is 17.5 Å². The summed E-state index contributed by atoms with van der Waals surface area (Å²) in [5.41, 5.74) is 10.2. The third-order valence-electron chi connectivity index (χ3n) is 6.74. The van der Waals surface area contributed by atoms with Gasteiger partial charge in [0.2, 0.25) is 18.6 Å². The van der Waals surface area contributed by atoms with Crippen LogP contribution in [0.1, 0.15) is 33.8 Å². The molecular weight excluding hydrogens is 478 g/mol. The molecule has 1 fully saturated rings. The fraction of sp³-hybridized carbons (Fsp3) is 0.318. The fourth-order valence-electron chi connectivity index (χ4n) is 5.28. The van der Waals surface area contributed by atoms with Crippen LogP contribution in [0.2, 0.25) is 0 Å². The first-order valence-corrected chi connectivity index (χ1v) is 10.9. The van der Waals surface area contributed by atoms with Crippen LogP contribution in [0.3, 0.4) is 0 Å². The van der Waals surface area contributed by atoms with Gasteiger partial charge in [-0.15, -0.1) is 0 Å². The Bertz CT molecular complexity index is 1600. The molecule has 6 N–H and O–H groups in total. The second-order valence-electron chi connectivity index (χ2n) is 8.59. The number of nitrogens with zero attached hydrogens (tertiary/aromatic N) is 2. The van der Waals surface area contributed by atoms with Gasteiger partial charge in [0.15, 0.2) is 23.5 Å². The van der Waals surface area contributed by atoms with Crippen molar-refractivity contribution in [1.82, 2.24) is 9.97 Å². The van der Waals surface area contributed by atoms with Gasteiger partial charge < -0.3 is 35.2 Å². The van der Waals surface area contributed by atoms with Crippen molar-refractivity contribution in [2.45, 2.75) is 37.4 Å². The number of aliphatic hydroxyl groups excluding tert-OH is 1. The molecule has 1 saturated heterocycles. The molecule has 4 heterocycles. The number of carbonyl (C=O) groups is 2. The number of aryl methyl sites for hydroxylation is 1. The summed E-state index contributed by atoms with van der Waals surface area (Å²) < 4.78 is 22.8. The topological polar surface area (TPSA) is 213 Å². The Kier molecular flexibility index (Phi) is 4.62. The van der Waals surface area contributed by atoms with E-state index >= 15 is 0 Å². The highest BCUT2D eigenvalue weighted by Gasteiger charge is 2.55. The minimum Gasteiger partial charge on any atom is -0.496 e. The van der Waals surface area contributed by atoms with Gasteiger partial charge >= 0.3 is 5.63 Å². The van der Waals surface area contributed by atoms with Crippen molar-refractivity contribution in [3.63, 3.8) is 0 Å². The number of anilines is 3. The van der Waals surface area contributed by atoms with E-state index in [4.69, 9.17) is 30.1 Å². The number of aromatic nitrogens is 2. The van der Waals surface area contributed by atoms with Gasteiger partial charge in [-0.2, -0.15) is 4.98 Å². The lowest BCUT2D eigenvalue weighted by Gasteiger charge is -2.27. The molecule has 0 radical (unpaired) electrons. The smallest absolute Gasteiger partial charge is 0.347 e. The summed E-state index contributed by atoms with van der Waals surface area (Å²) in [7, 11) is 1.43. The number of nitrogens with one attached hydrogen (secondary N) is 1. The van der Waals surface area contributed by atoms with Gasteiger partial charge in [0.25, 0.3) is 5.56 Å². The van der Waals surface area contributed by atoms with Crippen molar-refractivity contribution in [1.29, 1.82) is 0 Å². The highest BCUT2D eigenvalue weighted by Crippen LogP contribution is 2.53. The average Bonchev–Trinajstić information content (AvgIpc) is 3.48. The molecule has 1 aromatic carbocycles. The van der Waals surface area contributed by atoms with Gasteiger partial charge in [0, 0.05) is 12.5 Å². The normalized spacial score (nSPS) is 23.8. The Labute approximate surface area is 200 Å². The SMILES string of the molecule is COc1cc2c(c3oc(=O)c4c(c13)CCC4=O)C1C(O2)OC(N(C=O)c2c(N)nc(N)[nH]c2=O)C1O. The monoisotopic (exact) mass is 497 g/mol.